The number of rotatable bonds is 3. The molecule has 1 fully saturated rings. The monoisotopic (exact) mass is 189 g/mol. The van der Waals surface area contributed by atoms with Gasteiger partial charge in [0, 0.05) is 6.42 Å². The van der Waals surface area contributed by atoms with E-state index < -0.39 is 5.54 Å². The van der Waals surface area contributed by atoms with Crippen molar-refractivity contribution >= 4 is 5.78 Å². The molecule has 1 saturated carbocycles. The van der Waals surface area contributed by atoms with Crippen LogP contribution >= 0.6 is 0 Å². The second-order valence-electron chi connectivity index (χ2n) is 4.18. The highest BCUT2D eigenvalue weighted by Gasteiger charge is 2.45. The summed E-state index contributed by atoms with van der Waals surface area (Å²) in [5, 5.41) is 0. The lowest BCUT2D eigenvalue weighted by Gasteiger charge is -2.08. The van der Waals surface area contributed by atoms with Crippen molar-refractivity contribution in [2.45, 2.75) is 31.7 Å². The highest BCUT2D eigenvalue weighted by atomic mass is 16.1. The van der Waals surface area contributed by atoms with E-state index in [1.807, 2.05) is 31.2 Å². The predicted octanol–water partition coefficient (Wildman–Crippen LogP) is 1.60. The molecule has 0 unspecified atom stereocenters. The number of ketones is 1. The van der Waals surface area contributed by atoms with Crippen molar-refractivity contribution in [3.8, 4) is 0 Å². The fourth-order valence-corrected chi connectivity index (χ4v) is 1.57. The van der Waals surface area contributed by atoms with Crippen LogP contribution in [0.25, 0.3) is 0 Å². The minimum Gasteiger partial charge on any atom is -0.319 e. The van der Waals surface area contributed by atoms with Gasteiger partial charge in [-0.15, -0.1) is 0 Å². The fraction of sp³-hybridized carbons (Fsp3) is 0.417. The summed E-state index contributed by atoms with van der Waals surface area (Å²) >= 11 is 0. The normalized spacial score (nSPS) is 17.9. The zero-order valence-corrected chi connectivity index (χ0v) is 8.42. The van der Waals surface area contributed by atoms with Gasteiger partial charge in [-0.25, -0.2) is 0 Å². The summed E-state index contributed by atoms with van der Waals surface area (Å²) < 4.78 is 0. The summed E-state index contributed by atoms with van der Waals surface area (Å²) in [6.07, 6.45) is 2.21. The zero-order valence-electron chi connectivity index (χ0n) is 8.42. The van der Waals surface area contributed by atoms with Gasteiger partial charge >= 0.3 is 0 Å². The molecule has 0 saturated heterocycles. The molecular weight excluding hydrogens is 174 g/mol. The minimum absolute atomic E-state index is 0.187. The smallest absolute Gasteiger partial charge is 0.157 e. The molecule has 1 aliphatic rings. The second-order valence-corrected chi connectivity index (χ2v) is 4.18. The highest BCUT2D eigenvalue weighted by molar-refractivity contribution is 5.92. The summed E-state index contributed by atoms with van der Waals surface area (Å²) in [6, 6.07) is 7.97. The number of aryl methyl sites for hydroxylation is 1. The van der Waals surface area contributed by atoms with Gasteiger partial charge in [0.05, 0.1) is 5.54 Å². The zero-order chi connectivity index (χ0) is 10.2. The van der Waals surface area contributed by atoms with Crippen LogP contribution in [0, 0.1) is 6.92 Å². The standard InChI is InChI=1S/C12H15NO/c1-9-4-2-3-5-10(9)8-11(14)12(13)6-7-12/h2-5H,6-8,13H2,1H3. The Morgan fingerprint density at radius 2 is 2.07 bits per heavy atom. The molecule has 0 heterocycles. The molecule has 0 radical (unpaired) electrons. The van der Waals surface area contributed by atoms with Gasteiger partial charge in [-0.1, -0.05) is 24.3 Å². The van der Waals surface area contributed by atoms with Crippen LogP contribution in [0.4, 0.5) is 0 Å². The number of hydrogen-bond donors (Lipinski definition) is 1. The van der Waals surface area contributed by atoms with E-state index >= 15 is 0 Å². The van der Waals surface area contributed by atoms with E-state index in [9.17, 15) is 4.79 Å². The van der Waals surface area contributed by atoms with E-state index in [-0.39, 0.29) is 5.78 Å². The van der Waals surface area contributed by atoms with E-state index in [1.165, 1.54) is 5.56 Å². The lowest BCUT2D eigenvalue weighted by molar-refractivity contribution is -0.120. The maximum absolute atomic E-state index is 11.7. The van der Waals surface area contributed by atoms with Crippen LogP contribution in [0.3, 0.4) is 0 Å². The molecule has 0 aromatic heterocycles. The number of carbonyl (C=O) groups is 1. The largest absolute Gasteiger partial charge is 0.319 e. The summed E-state index contributed by atoms with van der Waals surface area (Å²) in [7, 11) is 0. The molecule has 0 spiro atoms. The van der Waals surface area contributed by atoms with Crippen molar-refractivity contribution in [2.24, 2.45) is 5.73 Å². The molecule has 0 amide bonds. The molecule has 14 heavy (non-hydrogen) atoms. The fourth-order valence-electron chi connectivity index (χ4n) is 1.57. The Hall–Kier alpha value is -1.15. The third-order valence-corrected chi connectivity index (χ3v) is 2.96. The van der Waals surface area contributed by atoms with Crippen LogP contribution in [0.15, 0.2) is 24.3 Å². The first-order valence-electron chi connectivity index (χ1n) is 4.98. The lowest BCUT2D eigenvalue weighted by Crippen LogP contribution is -2.34. The van der Waals surface area contributed by atoms with Crippen molar-refractivity contribution in [2.75, 3.05) is 0 Å². The Bertz CT molecular complexity index is 366. The van der Waals surface area contributed by atoms with Gasteiger partial charge in [-0.3, -0.25) is 4.79 Å². The van der Waals surface area contributed by atoms with Gasteiger partial charge in [0.2, 0.25) is 0 Å². The lowest BCUT2D eigenvalue weighted by atomic mass is 9.99. The van der Waals surface area contributed by atoms with Gasteiger partial charge in [0.25, 0.3) is 0 Å². The highest BCUT2D eigenvalue weighted by Crippen LogP contribution is 2.34. The van der Waals surface area contributed by atoms with E-state index in [0.717, 1.165) is 18.4 Å². The van der Waals surface area contributed by atoms with E-state index in [2.05, 4.69) is 0 Å². The number of carbonyl (C=O) groups excluding carboxylic acids is 1. The van der Waals surface area contributed by atoms with Crippen molar-refractivity contribution in [3.63, 3.8) is 0 Å². The maximum Gasteiger partial charge on any atom is 0.157 e. The van der Waals surface area contributed by atoms with Crippen molar-refractivity contribution in [1.29, 1.82) is 0 Å². The topological polar surface area (TPSA) is 43.1 Å². The Morgan fingerprint density at radius 1 is 1.43 bits per heavy atom. The van der Waals surface area contributed by atoms with Crippen LogP contribution in [0.1, 0.15) is 24.0 Å². The first-order chi connectivity index (χ1) is 6.62. The second kappa shape index (κ2) is 3.21. The Morgan fingerprint density at radius 3 is 2.64 bits per heavy atom. The molecule has 0 aliphatic heterocycles. The minimum atomic E-state index is -0.484. The number of benzene rings is 1. The molecule has 1 aromatic carbocycles. The molecule has 74 valence electrons. The first-order valence-corrected chi connectivity index (χ1v) is 4.98. The van der Waals surface area contributed by atoms with Gasteiger partial charge in [-0.05, 0) is 30.9 Å². The van der Waals surface area contributed by atoms with E-state index in [0.29, 0.717) is 6.42 Å². The van der Waals surface area contributed by atoms with E-state index in [1.54, 1.807) is 0 Å². The SMILES string of the molecule is Cc1ccccc1CC(=O)C1(N)CC1. The summed E-state index contributed by atoms with van der Waals surface area (Å²) in [6.45, 7) is 2.03. The van der Waals surface area contributed by atoms with Crippen LogP contribution < -0.4 is 5.73 Å². The van der Waals surface area contributed by atoms with Gasteiger partial charge in [-0.2, -0.15) is 0 Å². The molecule has 2 rings (SSSR count). The molecule has 0 atom stereocenters. The quantitative estimate of drug-likeness (QED) is 0.784. The molecule has 2 heteroatoms. The number of nitrogens with two attached hydrogens (primary N) is 1. The Labute approximate surface area is 84.1 Å². The van der Waals surface area contributed by atoms with E-state index in [4.69, 9.17) is 5.73 Å². The molecule has 1 aliphatic carbocycles. The predicted molar refractivity (Wildman–Crippen MR) is 56.0 cm³/mol. The number of Topliss-reactive ketones (excluding diaryl/α,β-unsaturated/α-hetero) is 1. The van der Waals surface area contributed by atoms with Crippen LogP contribution in [-0.4, -0.2) is 11.3 Å². The van der Waals surface area contributed by atoms with Crippen LogP contribution in [-0.2, 0) is 11.2 Å². The molecular formula is C12H15NO. The van der Waals surface area contributed by atoms with Crippen LogP contribution in [0.5, 0.6) is 0 Å². The average molecular weight is 189 g/mol. The molecule has 2 N–H and O–H groups in total. The third-order valence-electron chi connectivity index (χ3n) is 2.96. The summed E-state index contributed by atoms with van der Waals surface area (Å²) in [5.41, 5.74) is 7.63. The third kappa shape index (κ3) is 1.70. The number of hydrogen-bond acceptors (Lipinski definition) is 2. The van der Waals surface area contributed by atoms with Gasteiger partial charge in [0.15, 0.2) is 5.78 Å². The Balaban J connectivity index is 2.11. The van der Waals surface area contributed by atoms with Gasteiger partial charge < -0.3 is 5.73 Å². The summed E-state index contributed by atoms with van der Waals surface area (Å²) in [4.78, 5) is 11.7. The first kappa shape index (κ1) is 9.41. The molecule has 2 nitrogen and oxygen atoms in total. The maximum atomic E-state index is 11.7. The van der Waals surface area contributed by atoms with Crippen molar-refractivity contribution < 1.29 is 4.79 Å². The molecule has 1 aromatic rings. The van der Waals surface area contributed by atoms with Crippen molar-refractivity contribution in [3.05, 3.63) is 35.4 Å². The van der Waals surface area contributed by atoms with Crippen LogP contribution in [0.2, 0.25) is 0 Å². The average Bonchev–Trinajstić information content (AvgIpc) is 2.89. The van der Waals surface area contributed by atoms with Gasteiger partial charge in [0.1, 0.15) is 0 Å². The summed E-state index contributed by atoms with van der Waals surface area (Å²) in [5.74, 6) is 0.187. The Kier molecular flexibility index (Phi) is 2.16. The van der Waals surface area contributed by atoms with Crippen molar-refractivity contribution in [1.82, 2.24) is 0 Å². The molecule has 0 bridgehead atoms.